The average Bonchev–Trinajstić information content (AvgIpc) is 2.86. The largest absolute Gasteiger partial charge is 0.346 e. The standard InChI is InChI=1S/C13H16ClN3/c1-9-4-5-17(7-9)8-10-6-15-13-11(10)2-3-12(14)16-13/h2-3,6,9H,4-5,7-8H2,1H3,(H,15,16). The number of nitrogens with zero attached hydrogens (tertiary/aromatic N) is 2. The Morgan fingerprint density at radius 2 is 2.41 bits per heavy atom. The molecule has 0 aromatic carbocycles. The van der Waals surface area contributed by atoms with E-state index in [4.69, 9.17) is 11.6 Å². The van der Waals surface area contributed by atoms with Gasteiger partial charge in [-0.15, -0.1) is 0 Å². The number of pyridine rings is 1. The summed E-state index contributed by atoms with van der Waals surface area (Å²) in [5.41, 5.74) is 2.21. The number of nitrogens with one attached hydrogen (secondary N) is 1. The van der Waals surface area contributed by atoms with E-state index in [1.54, 1.807) is 0 Å². The molecule has 3 rings (SSSR count). The Morgan fingerprint density at radius 3 is 3.18 bits per heavy atom. The quantitative estimate of drug-likeness (QED) is 0.830. The molecule has 3 heterocycles. The predicted octanol–water partition coefficient (Wildman–Crippen LogP) is 3.06. The smallest absolute Gasteiger partial charge is 0.139 e. The minimum atomic E-state index is 0.542. The number of halogens is 1. The van der Waals surface area contributed by atoms with Crippen molar-refractivity contribution in [2.75, 3.05) is 13.1 Å². The summed E-state index contributed by atoms with van der Waals surface area (Å²) in [6.07, 6.45) is 3.36. The molecule has 1 atom stereocenters. The first-order valence-corrected chi connectivity index (χ1v) is 6.45. The van der Waals surface area contributed by atoms with E-state index < -0.39 is 0 Å². The summed E-state index contributed by atoms with van der Waals surface area (Å²) in [6.45, 7) is 5.73. The average molecular weight is 250 g/mol. The number of hydrogen-bond donors (Lipinski definition) is 1. The van der Waals surface area contributed by atoms with E-state index in [0.29, 0.717) is 5.15 Å². The van der Waals surface area contributed by atoms with E-state index in [1.807, 2.05) is 6.07 Å². The summed E-state index contributed by atoms with van der Waals surface area (Å²) in [7, 11) is 0. The van der Waals surface area contributed by atoms with Crippen molar-refractivity contribution in [3.8, 4) is 0 Å². The Morgan fingerprint density at radius 1 is 1.53 bits per heavy atom. The Bertz CT molecular complexity index is 534. The lowest BCUT2D eigenvalue weighted by atomic mass is 10.2. The van der Waals surface area contributed by atoms with Crippen LogP contribution >= 0.6 is 11.6 Å². The molecule has 2 aromatic heterocycles. The minimum absolute atomic E-state index is 0.542. The van der Waals surface area contributed by atoms with E-state index in [0.717, 1.165) is 18.1 Å². The molecule has 1 saturated heterocycles. The third-order valence-corrected chi connectivity index (χ3v) is 3.70. The lowest BCUT2D eigenvalue weighted by molar-refractivity contribution is 0.321. The maximum absolute atomic E-state index is 5.88. The highest BCUT2D eigenvalue weighted by atomic mass is 35.5. The van der Waals surface area contributed by atoms with E-state index in [9.17, 15) is 0 Å². The molecule has 0 radical (unpaired) electrons. The molecule has 2 aromatic rings. The van der Waals surface area contributed by atoms with E-state index in [1.165, 1.54) is 30.5 Å². The fourth-order valence-electron chi connectivity index (χ4n) is 2.58. The SMILES string of the molecule is CC1CCN(Cc2c[nH]c3nc(Cl)ccc23)C1. The van der Waals surface area contributed by atoms with Crippen molar-refractivity contribution in [2.24, 2.45) is 5.92 Å². The molecule has 1 aliphatic heterocycles. The maximum Gasteiger partial charge on any atom is 0.139 e. The molecule has 90 valence electrons. The summed E-state index contributed by atoms with van der Waals surface area (Å²) in [6, 6.07) is 3.91. The number of likely N-dealkylation sites (tertiary alicyclic amines) is 1. The summed E-state index contributed by atoms with van der Waals surface area (Å²) < 4.78 is 0. The third kappa shape index (κ3) is 2.17. The highest BCUT2D eigenvalue weighted by Crippen LogP contribution is 2.23. The highest BCUT2D eigenvalue weighted by molar-refractivity contribution is 6.29. The lowest BCUT2D eigenvalue weighted by Gasteiger charge is -2.14. The molecule has 1 aliphatic rings. The fraction of sp³-hybridized carbons (Fsp3) is 0.462. The first kappa shape index (κ1) is 11.1. The summed E-state index contributed by atoms with van der Waals surface area (Å²) in [4.78, 5) is 9.97. The van der Waals surface area contributed by atoms with Crippen LogP contribution < -0.4 is 0 Å². The van der Waals surface area contributed by atoms with Gasteiger partial charge in [-0.2, -0.15) is 0 Å². The van der Waals surface area contributed by atoms with Crippen LogP contribution in [0.1, 0.15) is 18.9 Å². The van der Waals surface area contributed by atoms with Gasteiger partial charge in [-0.25, -0.2) is 4.98 Å². The van der Waals surface area contributed by atoms with Crippen LogP contribution in [0, 0.1) is 5.92 Å². The topological polar surface area (TPSA) is 31.9 Å². The van der Waals surface area contributed by atoms with Crippen LogP contribution in [0.25, 0.3) is 11.0 Å². The van der Waals surface area contributed by atoms with Crippen molar-refractivity contribution in [1.82, 2.24) is 14.9 Å². The van der Waals surface area contributed by atoms with Crippen LogP contribution in [0.3, 0.4) is 0 Å². The Kier molecular flexibility index (Phi) is 2.81. The molecule has 0 amide bonds. The van der Waals surface area contributed by atoms with Gasteiger partial charge in [-0.3, -0.25) is 4.90 Å². The van der Waals surface area contributed by atoms with E-state index in [-0.39, 0.29) is 0 Å². The van der Waals surface area contributed by atoms with Crippen LogP contribution in [-0.2, 0) is 6.54 Å². The normalized spacial score (nSPS) is 21.4. The number of aromatic amines is 1. The minimum Gasteiger partial charge on any atom is -0.346 e. The molecule has 0 saturated carbocycles. The Hall–Kier alpha value is -1.06. The molecule has 0 bridgehead atoms. The summed E-state index contributed by atoms with van der Waals surface area (Å²) >= 11 is 5.88. The van der Waals surface area contributed by atoms with Gasteiger partial charge in [0.1, 0.15) is 10.8 Å². The molecule has 1 unspecified atom stereocenters. The Balaban J connectivity index is 1.85. The number of aromatic nitrogens is 2. The van der Waals surface area contributed by atoms with E-state index >= 15 is 0 Å². The van der Waals surface area contributed by atoms with Gasteiger partial charge in [0.05, 0.1) is 0 Å². The number of hydrogen-bond acceptors (Lipinski definition) is 2. The van der Waals surface area contributed by atoms with Gasteiger partial charge in [0.25, 0.3) is 0 Å². The van der Waals surface area contributed by atoms with Gasteiger partial charge in [0.15, 0.2) is 0 Å². The maximum atomic E-state index is 5.88. The molecule has 1 N–H and O–H groups in total. The Labute approximate surface area is 106 Å². The van der Waals surface area contributed by atoms with Gasteiger partial charge in [0, 0.05) is 24.7 Å². The van der Waals surface area contributed by atoms with Crippen LogP contribution in [0.4, 0.5) is 0 Å². The van der Waals surface area contributed by atoms with Crippen LogP contribution in [-0.4, -0.2) is 28.0 Å². The van der Waals surface area contributed by atoms with Gasteiger partial charge in [0.2, 0.25) is 0 Å². The lowest BCUT2D eigenvalue weighted by Crippen LogP contribution is -2.19. The van der Waals surface area contributed by atoms with Gasteiger partial charge in [-0.05, 0) is 36.6 Å². The van der Waals surface area contributed by atoms with Crippen molar-refractivity contribution in [2.45, 2.75) is 19.9 Å². The molecule has 17 heavy (non-hydrogen) atoms. The first-order valence-electron chi connectivity index (χ1n) is 6.07. The van der Waals surface area contributed by atoms with Crippen molar-refractivity contribution in [1.29, 1.82) is 0 Å². The van der Waals surface area contributed by atoms with Crippen molar-refractivity contribution >= 4 is 22.6 Å². The fourth-order valence-corrected chi connectivity index (χ4v) is 2.73. The van der Waals surface area contributed by atoms with Crippen LogP contribution in [0.15, 0.2) is 18.3 Å². The zero-order valence-corrected chi connectivity index (χ0v) is 10.7. The molecule has 0 aliphatic carbocycles. The molecule has 4 heteroatoms. The monoisotopic (exact) mass is 249 g/mol. The zero-order chi connectivity index (χ0) is 11.8. The summed E-state index contributed by atoms with van der Waals surface area (Å²) in [5, 5.41) is 1.73. The second-order valence-electron chi connectivity index (χ2n) is 4.97. The molecule has 0 spiro atoms. The van der Waals surface area contributed by atoms with Gasteiger partial charge >= 0.3 is 0 Å². The molecule has 1 fully saturated rings. The van der Waals surface area contributed by atoms with E-state index in [2.05, 4.69) is 34.1 Å². The van der Waals surface area contributed by atoms with Crippen LogP contribution in [0.5, 0.6) is 0 Å². The van der Waals surface area contributed by atoms with Crippen molar-refractivity contribution < 1.29 is 0 Å². The predicted molar refractivity (Wildman–Crippen MR) is 70.2 cm³/mol. The van der Waals surface area contributed by atoms with Gasteiger partial charge in [-0.1, -0.05) is 18.5 Å². The molecular weight excluding hydrogens is 234 g/mol. The third-order valence-electron chi connectivity index (χ3n) is 3.49. The first-order chi connectivity index (χ1) is 8.22. The molecular formula is C13H16ClN3. The van der Waals surface area contributed by atoms with Gasteiger partial charge < -0.3 is 4.98 Å². The van der Waals surface area contributed by atoms with Crippen molar-refractivity contribution in [3.63, 3.8) is 0 Å². The molecule has 3 nitrogen and oxygen atoms in total. The number of fused-ring (bicyclic) bond motifs is 1. The second kappa shape index (κ2) is 4.31. The summed E-state index contributed by atoms with van der Waals surface area (Å²) in [5.74, 6) is 0.827. The van der Waals surface area contributed by atoms with Crippen molar-refractivity contribution in [3.05, 3.63) is 29.0 Å². The number of rotatable bonds is 2. The van der Waals surface area contributed by atoms with Crippen LogP contribution in [0.2, 0.25) is 5.15 Å². The number of H-pyrrole nitrogens is 1. The highest BCUT2D eigenvalue weighted by Gasteiger charge is 2.19. The zero-order valence-electron chi connectivity index (χ0n) is 9.91. The second-order valence-corrected chi connectivity index (χ2v) is 5.36.